The van der Waals surface area contributed by atoms with Crippen LogP contribution in [0.2, 0.25) is 25.7 Å². The molecule has 70 valence electrons. The second-order valence-corrected chi connectivity index (χ2v) is 10.9. The van der Waals surface area contributed by atoms with Crippen molar-refractivity contribution in [1.82, 2.24) is 0 Å². The molecule has 0 heterocycles. The van der Waals surface area contributed by atoms with E-state index in [0.29, 0.717) is 0 Å². The monoisotopic (exact) mass is 182 g/mol. The zero-order chi connectivity index (χ0) is 9.03. The molecule has 0 nitrogen and oxygen atoms in total. The van der Waals surface area contributed by atoms with Crippen molar-refractivity contribution in [2.45, 2.75) is 51.4 Å². The van der Waals surface area contributed by atoms with Crippen molar-refractivity contribution in [3.05, 3.63) is 12.2 Å². The Morgan fingerprint density at radius 2 is 2.00 bits per heavy atom. The lowest BCUT2D eigenvalue weighted by molar-refractivity contribution is 0.463. The molecule has 0 aromatic heterocycles. The fraction of sp³-hybridized carbons (Fsp3) is 0.818. The van der Waals surface area contributed by atoms with Crippen LogP contribution >= 0.6 is 0 Å². The molecule has 1 aliphatic carbocycles. The number of hydrogen-bond donors (Lipinski definition) is 0. The van der Waals surface area contributed by atoms with Gasteiger partial charge in [-0.05, 0) is 25.2 Å². The average molecular weight is 182 g/mol. The van der Waals surface area contributed by atoms with Crippen LogP contribution < -0.4 is 0 Å². The highest BCUT2D eigenvalue weighted by atomic mass is 28.3. The highest BCUT2D eigenvalue weighted by Gasteiger charge is 2.16. The van der Waals surface area contributed by atoms with E-state index in [0.717, 1.165) is 5.92 Å². The summed E-state index contributed by atoms with van der Waals surface area (Å²) in [6, 6.07) is 1.52. The first-order valence-electron chi connectivity index (χ1n) is 5.23. The van der Waals surface area contributed by atoms with Crippen molar-refractivity contribution in [3.8, 4) is 0 Å². The average Bonchev–Trinajstić information content (AvgIpc) is 2.02. The molecule has 0 radical (unpaired) electrons. The molecule has 12 heavy (non-hydrogen) atoms. The molecule has 1 atom stereocenters. The normalized spacial score (nSPS) is 24.4. The van der Waals surface area contributed by atoms with Gasteiger partial charge < -0.3 is 0 Å². The quantitative estimate of drug-likeness (QED) is 0.456. The predicted octanol–water partition coefficient (Wildman–Crippen LogP) is 4.07. The number of hydrogen-bond acceptors (Lipinski definition) is 0. The Morgan fingerprint density at radius 3 is 2.50 bits per heavy atom. The number of rotatable bonds is 3. The summed E-state index contributed by atoms with van der Waals surface area (Å²) in [6.45, 7) is 7.43. The van der Waals surface area contributed by atoms with E-state index in [2.05, 4.69) is 31.8 Å². The molecule has 1 heteroatoms. The summed E-state index contributed by atoms with van der Waals surface area (Å²) in [5.41, 5.74) is 0. The fourth-order valence-corrected chi connectivity index (χ4v) is 3.03. The molecule has 0 saturated heterocycles. The van der Waals surface area contributed by atoms with Gasteiger partial charge in [-0.1, -0.05) is 44.3 Å². The minimum absolute atomic E-state index is 0.765. The van der Waals surface area contributed by atoms with E-state index in [1.165, 1.54) is 31.7 Å². The first-order valence-corrected chi connectivity index (χ1v) is 8.94. The lowest BCUT2D eigenvalue weighted by Gasteiger charge is -2.22. The maximum absolute atomic E-state index is 2.48. The van der Waals surface area contributed by atoms with Crippen LogP contribution in [0, 0.1) is 5.92 Å². The Morgan fingerprint density at radius 1 is 1.25 bits per heavy atom. The molecule has 0 aromatic rings. The highest BCUT2D eigenvalue weighted by molar-refractivity contribution is 6.76. The maximum atomic E-state index is 2.48. The minimum Gasteiger partial charge on any atom is -0.0885 e. The van der Waals surface area contributed by atoms with Crippen molar-refractivity contribution in [1.29, 1.82) is 0 Å². The highest BCUT2D eigenvalue weighted by Crippen LogP contribution is 2.25. The summed E-state index contributed by atoms with van der Waals surface area (Å²) in [6.07, 6.45) is 10.3. The smallest absolute Gasteiger partial charge is 0.0442 e. The van der Waals surface area contributed by atoms with Gasteiger partial charge in [-0.3, -0.25) is 0 Å². The van der Waals surface area contributed by atoms with E-state index in [9.17, 15) is 0 Å². The second-order valence-electron chi connectivity index (χ2n) is 5.25. The lowest BCUT2D eigenvalue weighted by atomic mass is 9.92. The zero-order valence-corrected chi connectivity index (χ0v) is 9.77. The van der Waals surface area contributed by atoms with Gasteiger partial charge in [0.2, 0.25) is 0 Å². The standard InChI is InChI=1S/C11H22Si/c1-12(2,3)10-9-11-7-5-4-6-8-11/h4-5,11H,6-10H2,1-3H3. The Labute approximate surface area is 78.1 Å². The molecule has 1 unspecified atom stereocenters. The predicted molar refractivity (Wildman–Crippen MR) is 59.3 cm³/mol. The molecule has 0 saturated carbocycles. The van der Waals surface area contributed by atoms with Gasteiger partial charge in [0, 0.05) is 8.07 Å². The van der Waals surface area contributed by atoms with Gasteiger partial charge in [-0.2, -0.15) is 0 Å². The lowest BCUT2D eigenvalue weighted by Crippen LogP contribution is -2.20. The van der Waals surface area contributed by atoms with E-state index in [-0.39, 0.29) is 0 Å². The molecule has 0 fully saturated rings. The number of allylic oxidation sites excluding steroid dienone is 2. The van der Waals surface area contributed by atoms with Crippen LogP contribution in [0.3, 0.4) is 0 Å². The van der Waals surface area contributed by atoms with E-state index in [1.807, 2.05) is 0 Å². The van der Waals surface area contributed by atoms with Gasteiger partial charge in [0.15, 0.2) is 0 Å². The molecule has 0 aromatic carbocycles. The molecule has 0 spiro atoms. The van der Waals surface area contributed by atoms with E-state index in [1.54, 1.807) is 0 Å². The van der Waals surface area contributed by atoms with Gasteiger partial charge >= 0.3 is 0 Å². The summed E-state index contributed by atoms with van der Waals surface area (Å²) in [4.78, 5) is 0. The largest absolute Gasteiger partial charge is 0.0885 e. The topological polar surface area (TPSA) is 0 Å². The molecule has 0 N–H and O–H groups in total. The van der Waals surface area contributed by atoms with E-state index >= 15 is 0 Å². The van der Waals surface area contributed by atoms with Crippen molar-refractivity contribution < 1.29 is 0 Å². The summed E-state index contributed by atoms with van der Waals surface area (Å²) >= 11 is 0. The Balaban J connectivity index is 2.19. The minimum atomic E-state index is -0.765. The van der Waals surface area contributed by atoms with Crippen LogP contribution in [0.4, 0.5) is 0 Å². The van der Waals surface area contributed by atoms with Crippen LogP contribution in [-0.4, -0.2) is 8.07 Å². The molecule has 0 amide bonds. The van der Waals surface area contributed by atoms with Crippen LogP contribution in [-0.2, 0) is 0 Å². The van der Waals surface area contributed by atoms with E-state index < -0.39 is 8.07 Å². The van der Waals surface area contributed by atoms with Gasteiger partial charge in [0.05, 0.1) is 0 Å². The van der Waals surface area contributed by atoms with Crippen LogP contribution in [0.5, 0.6) is 0 Å². The summed E-state index contributed by atoms with van der Waals surface area (Å²) in [5.74, 6) is 1.02. The van der Waals surface area contributed by atoms with Gasteiger partial charge in [0.25, 0.3) is 0 Å². The first kappa shape index (κ1) is 10.0. The van der Waals surface area contributed by atoms with Gasteiger partial charge in [-0.15, -0.1) is 0 Å². The van der Waals surface area contributed by atoms with Crippen molar-refractivity contribution in [2.24, 2.45) is 5.92 Å². The van der Waals surface area contributed by atoms with Crippen molar-refractivity contribution >= 4 is 8.07 Å². The van der Waals surface area contributed by atoms with Crippen LogP contribution in [0.25, 0.3) is 0 Å². The Kier molecular flexibility index (Phi) is 3.57. The fourth-order valence-electron chi connectivity index (χ4n) is 1.76. The third-order valence-electron chi connectivity index (χ3n) is 2.68. The van der Waals surface area contributed by atoms with Crippen molar-refractivity contribution in [3.63, 3.8) is 0 Å². The van der Waals surface area contributed by atoms with Gasteiger partial charge in [0.1, 0.15) is 0 Å². The Hall–Kier alpha value is -0.0431. The molecular formula is C11H22Si. The SMILES string of the molecule is C[Si](C)(C)CCC1CC=CCC1. The van der Waals surface area contributed by atoms with Crippen LogP contribution in [0.15, 0.2) is 12.2 Å². The maximum Gasteiger partial charge on any atom is 0.0442 e. The van der Waals surface area contributed by atoms with E-state index in [4.69, 9.17) is 0 Å². The Bertz CT molecular complexity index is 153. The molecule has 1 aliphatic rings. The summed E-state index contributed by atoms with van der Waals surface area (Å²) in [7, 11) is -0.765. The third-order valence-corrected chi connectivity index (χ3v) is 4.47. The summed E-state index contributed by atoms with van der Waals surface area (Å²) < 4.78 is 0. The molecule has 0 aliphatic heterocycles. The zero-order valence-electron chi connectivity index (χ0n) is 8.77. The van der Waals surface area contributed by atoms with Gasteiger partial charge in [-0.25, -0.2) is 0 Å². The molecular weight excluding hydrogens is 160 g/mol. The third kappa shape index (κ3) is 4.10. The first-order chi connectivity index (χ1) is 5.58. The van der Waals surface area contributed by atoms with Crippen LogP contribution in [0.1, 0.15) is 25.7 Å². The van der Waals surface area contributed by atoms with Crippen molar-refractivity contribution in [2.75, 3.05) is 0 Å². The molecule has 0 bridgehead atoms. The second kappa shape index (κ2) is 4.27. The molecule has 1 rings (SSSR count). The summed E-state index contributed by atoms with van der Waals surface area (Å²) in [5, 5.41) is 0.